The van der Waals surface area contributed by atoms with Gasteiger partial charge in [-0.25, -0.2) is 4.79 Å². The first-order valence-corrected chi connectivity index (χ1v) is 10.6. The third kappa shape index (κ3) is 5.60. The molecule has 1 aliphatic heterocycles. The van der Waals surface area contributed by atoms with Crippen molar-refractivity contribution >= 4 is 12.0 Å². The average molecular weight is 410 g/mol. The van der Waals surface area contributed by atoms with Gasteiger partial charge in [-0.15, -0.1) is 0 Å². The molecule has 2 amide bonds. The van der Waals surface area contributed by atoms with Crippen LogP contribution < -0.4 is 5.32 Å². The number of hydrogen-bond acceptors (Lipinski definition) is 3. The maximum Gasteiger partial charge on any atom is 0.405 e. The van der Waals surface area contributed by atoms with Gasteiger partial charge in [0, 0.05) is 26.2 Å². The van der Waals surface area contributed by atoms with Gasteiger partial charge in [0.05, 0.1) is 6.04 Å². The lowest BCUT2D eigenvalue weighted by atomic mass is 9.96. The van der Waals surface area contributed by atoms with E-state index in [1.807, 2.05) is 26.0 Å². The minimum atomic E-state index is -1.15. The zero-order valence-electron chi connectivity index (χ0n) is 17.7. The SMILES string of the molecule is CC(C)CC(NC(=O)O)C(=O)N1CCN(C(c2ccccc2)c2ccccc2)CC1. The predicted octanol–water partition coefficient (Wildman–Crippen LogP) is 3.60. The summed E-state index contributed by atoms with van der Waals surface area (Å²) in [4.78, 5) is 28.3. The molecule has 1 unspecified atom stereocenters. The van der Waals surface area contributed by atoms with E-state index in [1.54, 1.807) is 4.90 Å². The zero-order valence-corrected chi connectivity index (χ0v) is 17.7. The van der Waals surface area contributed by atoms with Crippen molar-refractivity contribution < 1.29 is 14.7 Å². The quantitative estimate of drug-likeness (QED) is 0.733. The normalized spacial score (nSPS) is 15.9. The molecule has 0 aromatic heterocycles. The number of nitrogens with one attached hydrogen (secondary N) is 1. The van der Waals surface area contributed by atoms with Crippen LogP contribution in [0.1, 0.15) is 37.4 Å². The molecule has 160 valence electrons. The van der Waals surface area contributed by atoms with Gasteiger partial charge in [-0.3, -0.25) is 9.69 Å². The summed E-state index contributed by atoms with van der Waals surface area (Å²) >= 11 is 0. The first-order valence-electron chi connectivity index (χ1n) is 10.6. The molecule has 1 heterocycles. The Morgan fingerprint density at radius 2 is 1.40 bits per heavy atom. The van der Waals surface area contributed by atoms with E-state index < -0.39 is 12.1 Å². The van der Waals surface area contributed by atoms with Gasteiger partial charge < -0.3 is 15.3 Å². The highest BCUT2D eigenvalue weighted by Crippen LogP contribution is 2.29. The van der Waals surface area contributed by atoms with Crippen molar-refractivity contribution in [2.75, 3.05) is 26.2 Å². The van der Waals surface area contributed by atoms with Gasteiger partial charge in [0.15, 0.2) is 0 Å². The van der Waals surface area contributed by atoms with E-state index >= 15 is 0 Å². The number of amides is 2. The highest BCUT2D eigenvalue weighted by Gasteiger charge is 2.32. The second-order valence-corrected chi connectivity index (χ2v) is 8.22. The van der Waals surface area contributed by atoms with Crippen molar-refractivity contribution in [2.45, 2.75) is 32.4 Å². The van der Waals surface area contributed by atoms with E-state index in [1.165, 1.54) is 11.1 Å². The molecular formula is C24H31N3O3. The number of nitrogens with zero attached hydrogens (tertiary/aromatic N) is 2. The Hall–Kier alpha value is -2.86. The molecule has 6 heteroatoms. The number of piperazine rings is 1. The summed E-state index contributed by atoms with van der Waals surface area (Å²) in [6.45, 7) is 6.64. The Kier molecular flexibility index (Phi) is 7.46. The largest absolute Gasteiger partial charge is 0.465 e. The molecule has 1 aliphatic rings. The van der Waals surface area contributed by atoms with Crippen molar-refractivity contribution in [1.29, 1.82) is 0 Å². The Labute approximate surface area is 178 Å². The summed E-state index contributed by atoms with van der Waals surface area (Å²) in [5.74, 6) is 0.106. The van der Waals surface area contributed by atoms with Crippen molar-refractivity contribution in [3.05, 3.63) is 71.8 Å². The molecule has 0 spiro atoms. The number of benzene rings is 2. The number of carbonyl (C=O) groups excluding carboxylic acids is 1. The van der Waals surface area contributed by atoms with E-state index in [4.69, 9.17) is 5.11 Å². The summed E-state index contributed by atoms with van der Waals surface area (Å²) < 4.78 is 0. The number of carbonyl (C=O) groups is 2. The van der Waals surface area contributed by atoms with Crippen molar-refractivity contribution in [1.82, 2.24) is 15.1 Å². The van der Waals surface area contributed by atoms with E-state index in [-0.39, 0.29) is 17.9 Å². The predicted molar refractivity (Wildman–Crippen MR) is 117 cm³/mol. The van der Waals surface area contributed by atoms with Crippen LogP contribution in [-0.2, 0) is 4.79 Å². The lowest BCUT2D eigenvalue weighted by Gasteiger charge is -2.40. The molecule has 2 aromatic carbocycles. The Bertz CT molecular complexity index is 779. The number of hydrogen-bond donors (Lipinski definition) is 2. The van der Waals surface area contributed by atoms with Crippen LogP contribution in [0.4, 0.5) is 4.79 Å². The average Bonchev–Trinajstić information content (AvgIpc) is 2.74. The van der Waals surface area contributed by atoms with E-state index in [0.717, 1.165) is 13.1 Å². The lowest BCUT2D eigenvalue weighted by Crippen LogP contribution is -2.55. The Morgan fingerprint density at radius 3 is 1.83 bits per heavy atom. The van der Waals surface area contributed by atoms with Gasteiger partial charge in [0.2, 0.25) is 5.91 Å². The van der Waals surface area contributed by atoms with Crippen LogP contribution in [0.25, 0.3) is 0 Å². The highest BCUT2D eigenvalue weighted by atomic mass is 16.4. The molecule has 30 heavy (non-hydrogen) atoms. The topological polar surface area (TPSA) is 72.9 Å². The van der Waals surface area contributed by atoms with Crippen LogP contribution in [0.3, 0.4) is 0 Å². The first-order chi connectivity index (χ1) is 14.5. The van der Waals surface area contributed by atoms with Gasteiger partial charge in [0.25, 0.3) is 0 Å². The molecule has 0 radical (unpaired) electrons. The van der Waals surface area contributed by atoms with Crippen LogP contribution >= 0.6 is 0 Å². The van der Waals surface area contributed by atoms with Gasteiger partial charge in [-0.1, -0.05) is 74.5 Å². The lowest BCUT2D eigenvalue weighted by molar-refractivity contribution is -0.135. The Morgan fingerprint density at radius 1 is 0.900 bits per heavy atom. The molecule has 0 bridgehead atoms. The smallest absolute Gasteiger partial charge is 0.405 e. The monoisotopic (exact) mass is 409 g/mol. The third-order valence-corrected chi connectivity index (χ3v) is 5.52. The van der Waals surface area contributed by atoms with Crippen molar-refractivity contribution in [3.8, 4) is 0 Å². The van der Waals surface area contributed by atoms with Crippen LogP contribution in [0, 0.1) is 5.92 Å². The minimum Gasteiger partial charge on any atom is -0.465 e. The maximum absolute atomic E-state index is 13.0. The molecular weight excluding hydrogens is 378 g/mol. The third-order valence-electron chi connectivity index (χ3n) is 5.52. The van der Waals surface area contributed by atoms with Crippen LogP contribution in [0.5, 0.6) is 0 Å². The summed E-state index contributed by atoms with van der Waals surface area (Å²) in [6.07, 6.45) is -0.650. The molecule has 1 fully saturated rings. The Balaban J connectivity index is 1.72. The second-order valence-electron chi connectivity index (χ2n) is 8.22. The van der Waals surface area contributed by atoms with E-state index in [2.05, 4.69) is 58.7 Å². The van der Waals surface area contributed by atoms with Gasteiger partial charge in [0.1, 0.15) is 6.04 Å². The molecule has 0 aliphatic carbocycles. The van der Waals surface area contributed by atoms with Crippen LogP contribution in [-0.4, -0.2) is 59.1 Å². The molecule has 2 N–H and O–H groups in total. The molecule has 0 saturated carbocycles. The number of rotatable bonds is 7. The van der Waals surface area contributed by atoms with Crippen LogP contribution in [0.15, 0.2) is 60.7 Å². The first kappa shape index (κ1) is 21.8. The molecule has 6 nitrogen and oxygen atoms in total. The molecule has 1 atom stereocenters. The molecule has 2 aromatic rings. The van der Waals surface area contributed by atoms with Gasteiger partial charge in [-0.05, 0) is 23.5 Å². The van der Waals surface area contributed by atoms with Crippen molar-refractivity contribution in [3.63, 3.8) is 0 Å². The minimum absolute atomic E-state index is 0.123. The summed E-state index contributed by atoms with van der Waals surface area (Å²) in [7, 11) is 0. The summed E-state index contributed by atoms with van der Waals surface area (Å²) in [6, 6.07) is 20.3. The van der Waals surface area contributed by atoms with E-state index in [9.17, 15) is 9.59 Å². The fraction of sp³-hybridized carbons (Fsp3) is 0.417. The fourth-order valence-electron chi connectivity index (χ4n) is 4.15. The summed E-state index contributed by atoms with van der Waals surface area (Å²) in [5, 5.41) is 11.5. The second kappa shape index (κ2) is 10.3. The number of carboxylic acid groups (broad SMARTS) is 1. The van der Waals surface area contributed by atoms with Crippen LogP contribution in [0.2, 0.25) is 0 Å². The maximum atomic E-state index is 13.0. The highest BCUT2D eigenvalue weighted by molar-refractivity contribution is 5.85. The van der Waals surface area contributed by atoms with Gasteiger partial charge >= 0.3 is 6.09 Å². The standard InChI is InChI=1S/C24H31N3O3/c1-18(2)17-21(25-24(29)30)23(28)27-15-13-26(14-16-27)22(19-9-5-3-6-10-19)20-11-7-4-8-12-20/h3-12,18,21-22,25H,13-17H2,1-2H3,(H,29,30). The van der Waals surface area contributed by atoms with Gasteiger partial charge in [-0.2, -0.15) is 0 Å². The summed E-state index contributed by atoms with van der Waals surface area (Å²) in [5.41, 5.74) is 2.46. The fourth-order valence-corrected chi connectivity index (χ4v) is 4.15. The van der Waals surface area contributed by atoms with Crippen molar-refractivity contribution in [2.24, 2.45) is 5.92 Å². The van der Waals surface area contributed by atoms with E-state index in [0.29, 0.717) is 19.5 Å². The molecule has 3 rings (SSSR count). The zero-order chi connectivity index (χ0) is 21.5. The molecule has 1 saturated heterocycles.